The Bertz CT molecular complexity index is 720. The number of carbonyl (C=O) groups is 1. The minimum absolute atomic E-state index is 0.151. The molecule has 0 saturated heterocycles. The van der Waals surface area contributed by atoms with Crippen LogP contribution in [0, 0.1) is 6.92 Å². The first kappa shape index (κ1) is 19.6. The lowest BCUT2D eigenvalue weighted by Crippen LogP contribution is -2.41. The predicted octanol–water partition coefficient (Wildman–Crippen LogP) is 4.64. The van der Waals surface area contributed by atoms with E-state index < -0.39 is 0 Å². The van der Waals surface area contributed by atoms with Crippen LogP contribution in [0.4, 0.5) is 5.69 Å². The Morgan fingerprint density at radius 2 is 1.88 bits per heavy atom. The Labute approximate surface area is 158 Å². The van der Waals surface area contributed by atoms with Crippen molar-refractivity contribution in [3.05, 3.63) is 58.1 Å². The molecule has 0 aliphatic rings. The van der Waals surface area contributed by atoms with Gasteiger partial charge in [0.1, 0.15) is 12.4 Å². The van der Waals surface area contributed by atoms with Crippen molar-refractivity contribution in [2.45, 2.75) is 19.9 Å². The molecule has 0 spiro atoms. The van der Waals surface area contributed by atoms with Crippen molar-refractivity contribution in [2.24, 2.45) is 0 Å². The second-order valence-corrected chi connectivity index (χ2v) is 6.69. The van der Waals surface area contributed by atoms with E-state index in [2.05, 4.69) is 5.32 Å². The zero-order valence-electron chi connectivity index (χ0n) is 14.6. The van der Waals surface area contributed by atoms with Crippen molar-refractivity contribution in [1.82, 2.24) is 4.90 Å². The standard InChI is InChI=1S/C19H22Cl2N2O2/c1-13-7-9-15(10-8-13)25-12-11-23(3)14(2)19(24)22-17-6-4-5-16(20)18(17)21/h4-10,14H,11-12H2,1-3H3,(H,22,24). The summed E-state index contributed by atoms with van der Waals surface area (Å²) in [5.74, 6) is 0.670. The molecule has 0 saturated carbocycles. The molecule has 0 aliphatic carbocycles. The fourth-order valence-electron chi connectivity index (χ4n) is 2.17. The van der Waals surface area contributed by atoms with E-state index in [4.69, 9.17) is 27.9 Å². The van der Waals surface area contributed by atoms with E-state index in [0.29, 0.717) is 28.9 Å². The zero-order chi connectivity index (χ0) is 18.4. The maximum atomic E-state index is 12.4. The van der Waals surface area contributed by atoms with E-state index in [0.717, 1.165) is 5.75 Å². The Morgan fingerprint density at radius 3 is 2.56 bits per heavy atom. The summed E-state index contributed by atoms with van der Waals surface area (Å²) in [5, 5.41) is 3.56. The molecule has 1 amide bonds. The van der Waals surface area contributed by atoms with Gasteiger partial charge in [-0.05, 0) is 45.2 Å². The molecule has 0 aliphatic heterocycles. The van der Waals surface area contributed by atoms with Gasteiger partial charge >= 0.3 is 0 Å². The molecule has 1 unspecified atom stereocenters. The highest BCUT2D eigenvalue weighted by Gasteiger charge is 2.19. The van der Waals surface area contributed by atoms with Gasteiger partial charge in [-0.15, -0.1) is 0 Å². The SMILES string of the molecule is Cc1ccc(OCCN(C)C(C)C(=O)Nc2cccc(Cl)c2Cl)cc1. The number of rotatable bonds is 7. The van der Waals surface area contributed by atoms with Crippen molar-refractivity contribution >= 4 is 34.8 Å². The highest BCUT2D eigenvalue weighted by Crippen LogP contribution is 2.29. The average Bonchev–Trinajstić information content (AvgIpc) is 2.59. The molecular formula is C19H22Cl2N2O2. The summed E-state index contributed by atoms with van der Waals surface area (Å²) >= 11 is 12.1. The van der Waals surface area contributed by atoms with Gasteiger partial charge in [0.15, 0.2) is 0 Å². The molecule has 0 radical (unpaired) electrons. The van der Waals surface area contributed by atoms with Gasteiger partial charge in [0, 0.05) is 6.54 Å². The van der Waals surface area contributed by atoms with Crippen LogP contribution >= 0.6 is 23.2 Å². The zero-order valence-corrected chi connectivity index (χ0v) is 16.1. The second kappa shape index (κ2) is 9.09. The van der Waals surface area contributed by atoms with Crippen LogP contribution in [0.2, 0.25) is 10.0 Å². The van der Waals surface area contributed by atoms with E-state index in [1.54, 1.807) is 18.2 Å². The normalized spacial score (nSPS) is 12.1. The number of ether oxygens (including phenoxy) is 1. The lowest BCUT2D eigenvalue weighted by atomic mass is 10.2. The number of nitrogens with zero attached hydrogens (tertiary/aromatic N) is 1. The van der Waals surface area contributed by atoms with Crippen molar-refractivity contribution in [3.8, 4) is 5.75 Å². The number of hydrogen-bond donors (Lipinski definition) is 1. The first-order valence-corrected chi connectivity index (χ1v) is 8.78. The molecular weight excluding hydrogens is 359 g/mol. The van der Waals surface area contributed by atoms with Crippen molar-refractivity contribution in [1.29, 1.82) is 0 Å². The summed E-state index contributed by atoms with van der Waals surface area (Å²) in [6, 6.07) is 12.7. The highest BCUT2D eigenvalue weighted by molar-refractivity contribution is 6.44. The van der Waals surface area contributed by atoms with Gasteiger partial charge in [-0.3, -0.25) is 9.69 Å². The summed E-state index contributed by atoms with van der Waals surface area (Å²) in [6.07, 6.45) is 0. The van der Waals surface area contributed by atoms with E-state index >= 15 is 0 Å². The first-order chi connectivity index (χ1) is 11.9. The minimum atomic E-state index is -0.336. The molecule has 0 heterocycles. The van der Waals surface area contributed by atoms with Crippen LogP contribution < -0.4 is 10.1 Å². The van der Waals surface area contributed by atoms with Crippen LogP contribution in [0.3, 0.4) is 0 Å². The Hall–Kier alpha value is -1.75. The number of amides is 1. The topological polar surface area (TPSA) is 41.6 Å². The first-order valence-electron chi connectivity index (χ1n) is 8.03. The number of aryl methyl sites for hydroxylation is 1. The highest BCUT2D eigenvalue weighted by atomic mass is 35.5. The Morgan fingerprint density at radius 1 is 1.20 bits per heavy atom. The molecule has 25 heavy (non-hydrogen) atoms. The van der Waals surface area contributed by atoms with Crippen molar-refractivity contribution in [2.75, 3.05) is 25.5 Å². The van der Waals surface area contributed by atoms with Gasteiger partial charge in [-0.1, -0.05) is 47.0 Å². The third-order valence-electron chi connectivity index (χ3n) is 3.98. The quantitative estimate of drug-likeness (QED) is 0.760. The van der Waals surface area contributed by atoms with E-state index in [1.165, 1.54) is 5.56 Å². The second-order valence-electron chi connectivity index (χ2n) is 5.91. The van der Waals surface area contributed by atoms with E-state index in [9.17, 15) is 4.79 Å². The van der Waals surface area contributed by atoms with Gasteiger partial charge in [0.05, 0.1) is 21.8 Å². The van der Waals surface area contributed by atoms with Gasteiger partial charge in [-0.25, -0.2) is 0 Å². The minimum Gasteiger partial charge on any atom is -0.492 e. The van der Waals surface area contributed by atoms with E-state index in [-0.39, 0.29) is 11.9 Å². The summed E-state index contributed by atoms with van der Waals surface area (Å²) in [7, 11) is 1.88. The molecule has 1 atom stereocenters. The molecule has 0 fully saturated rings. The third kappa shape index (κ3) is 5.63. The Balaban J connectivity index is 1.84. The van der Waals surface area contributed by atoms with Gasteiger partial charge in [0.2, 0.25) is 5.91 Å². The van der Waals surface area contributed by atoms with Gasteiger partial charge in [-0.2, -0.15) is 0 Å². The summed E-state index contributed by atoms with van der Waals surface area (Å²) in [4.78, 5) is 14.3. The fraction of sp³-hybridized carbons (Fsp3) is 0.316. The molecule has 6 heteroatoms. The van der Waals surface area contributed by atoms with Gasteiger partial charge < -0.3 is 10.1 Å². The molecule has 134 valence electrons. The van der Waals surface area contributed by atoms with Crippen molar-refractivity contribution < 1.29 is 9.53 Å². The maximum absolute atomic E-state index is 12.4. The Kier molecular flexibility index (Phi) is 7.12. The molecule has 0 bridgehead atoms. The van der Waals surface area contributed by atoms with E-state index in [1.807, 2.05) is 50.1 Å². The third-order valence-corrected chi connectivity index (χ3v) is 4.80. The summed E-state index contributed by atoms with van der Waals surface area (Å²) < 4.78 is 5.70. The molecule has 2 aromatic rings. The smallest absolute Gasteiger partial charge is 0.241 e. The summed E-state index contributed by atoms with van der Waals surface area (Å²) in [6.45, 7) is 4.98. The average molecular weight is 381 g/mol. The van der Waals surface area contributed by atoms with Gasteiger partial charge in [0.25, 0.3) is 0 Å². The molecule has 0 aromatic heterocycles. The molecule has 4 nitrogen and oxygen atoms in total. The van der Waals surface area contributed by atoms with Crippen LogP contribution in [0.1, 0.15) is 12.5 Å². The number of likely N-dealkylation sites (N-methyl/N-ethyl adjacent to an activating group) is 1. The molecule has 1 N–H and O–H groups in total. The summed E-state index contributed by atoms with van der Waals surface area (Å²) in [5.41, 5.74) is 1.70. The molecule has 2 rings (SSSR count). The predicted molar refractivity (Wildman–Crippen MR) is 104 cm³/mol. The maximum Gasteiger partial charge on any atom is 0.241 e. The number of nitrogens with one attached hydrogen (secondary N) is 1. The van der Waals surface area contributed by atoms with Crippen LogP contribution in [-0.2, 0) is 4.79 Å². The number of anilines is 1. The van der Waals surface area contributed by atoms with Crippen LogP contribution in [0.15, 0.2) is 42.5 Å². The number of hydrogen-bond acceptors (Lipinski definition) is 3. The largest absolute Gasteiger partial charge is 0.492 e. The monoisotopic (exact) mass is 380 g/mol. The van der Waals surface area contributed by atoms with Crippen LogP contribution in [-0.4, -0.2) is 37.0 Å². The molecule has 2 aromatic carbocycles. The fourth-order valence-corrected chi connectivity index (χ4v) is 2.52. The lowest BCUT2D eigenvalue weighted by Gasteiger charge is -2.24. The lowest BCUT2D eigenvalue weighted by molar-refractivity contribution is -0.120. The van der Waals surface area contributed by atoms with Crippen LogP contribution in [0.5, 0.6) is 5.75 Å². The van der Waals surface area contributed by atoms with Crippen molar-refractivity contribution in [3.63, 3.8) is 0 Å². The number of benzene rings is 2. The number of carbonyl (C=O) groups excluding carboxylic acids is 1. The number of halogens is 2. The van der Waals surface area contributed by atoms with Crippen LogP contribution in [0.25, 0.3) is 0 Å².